The zero-order valence-electron chi connectivity index (χ0n) is 27.7. The minimum atomic E-state index is -4.94. The van der Waals surface area contributed by atoms with E-state index in [0.717, 1.165) is 54.9 Å². The quantitative estimate of drug-likeness (QED) is 0.216. The number of rotatable bonds is 7. The summed E-state index contributed by atoms with van der Waals surface area (Å²) in [5, 5.41) is 0. The largest absolute Gasteiger partial charge is 0.455 e. The Labute approximate surface area is 312 Å². The van der Waals surface area contributed by atoms with E-state index >= 15 is 0 Å². The number of nitrogens with one attached hydrogen (secondary N) is 1. The molecule has 1 aliphatic rings. The van der Waals surface area contributed by atoms with Gasteiger partial charge >= 0.3 is 0 Å². The Hall–Kier alpha value is -5.50. The van der Waals surface area contributed by atoms with E-state index in [1.165, 1.54) is 0 Å². The summed E-state index contributed by atoms with van der Waals surface area (Å²) in [6, 6.07) is 55.4. The number of anilines is 1. The van der Waals surface area contributed by atoms with Gasteiger partial charge in [-0.1, -0.05) is 90.6 Å². The van der Waals surface area contributed by atoms with Crippen LogP contribution < -0.4 is 32.7 Å². The predicted molar refractivity (Wildman–Crippen MR) is 192 cm³/mol. The molecule has 2 heterocycles. The normalized spacial score (nSPS) is 12.0. The molecule has 0 fully saturated rings. The first-order chi connectivity index (χ1) is 25.5. The third kappa shape index (κ3) is 8.60. The Balaban J connectivity index is 0.000000817. The monoisotopic (exact) mass is 760 g/mol. The Morgan fingerprint density at radius 2 is 1.02 bits per heavy atom. The summed E-state index contributed by atoms with van der Waals surface area (Å²) in [5.41, 5.74) is 7.57. The molecule has 264 valence electrons. The van der Waals surface area contributed by atoms with Crippen LogP contribution in [-0.2, 0) is 10.0 Å². The van der Waals surface area contributed by atoms with Crippen LogP contribution in [0.5, 0.6) is 11.5 Å². The van der Waals surface area contributed by atoms with E-state index in [-0.39, 0.29) is 4.90 Å². The molecule has 0 saturated carbocycles. The van der Waals surface area contributed by atoms with Crippen molar-refractivity contribution in [2.24, 2.45) is 0 Å². The maximum atomic E-state index is 13.6. The van der Waals surface area contributed by atoms with Crippen molar-refractivity contribution >= 4 is 27.5 Å². The highest BCUT2D eigenvalue weighted by Gasteiger charge is 2.26. The fourth-order valence-electron chi connectivity index (χ4n) is 5.89. The number of hydrogen-bond acceptors (Lipinski definition) is 8. The number of aromatic nitrogens is 1. The standard InChI is InChI=1S/C41H29N2O3S2.ClHO4/c44-48(45,42-33-20-25-39-41(28-33)47-40-19-11-10-18-38(40)46-39)35-23-21-34(22-24-35)43-36(30-14-6-2-7-15-30)26-32(29-12-4-1-5-13-29)27-37(43)31-16-8-3-9-17-31;2-1(3,4)5/h1-28,42H;(H,2,3,4,5)/q+1;/p-1. The zero-order valence-corrected chi connectivity index (χ0v) is 30.1. The van der Waals surface area contributed by atoms with Gasteiger partial charge in [0.1, 0.15) is 11.5 Å². The number of para-hydroxylation sites is 1. The molecule has 53 heavy (non-hydrogen) atoms. The van der Waals surface area contributed by atoms with Crippen LogP contribution in [0.25, 0.3) is 39.3 Å². The molecule has 0 bridgehead atoms. The summed E-state index contributed by atoms with van der Waals surface area (Å²) in [6.45, 7) is 0. The molecule has 6 aromatic carbocycles. The van der Waals surface area contributed by atoms with E-state index in [9.17, 15) is 8.42 Å². The van der Waals surface area contributed by atoms with E-state index < -0.39 is 20.3 Å². The third-order valence-corrected chi connectivity index (χ3v) is 10.7. The fourth-order valence-corrected chi connectivity index (χ4v) is 7.93. The summed E-state index contributed by atoms with van der Waals surface area (Å²) >= 11 is 1.55. The van der Waals surface area contributed by atoms with Crippen molar-refractivity contribution in [3.63, 3.8) is 0 Å². The van der Waals surface area contributed by atoms with Crippen molar-refractivity contribution in [1.82, 2.24) is 0 Å². The summed E-state index contributed by atoms with van der Waals surface area (Å²) in [7, 11) is -8.82. The topological polar surface area (TPSA) is 152 Å². The lowest BCUT2D eigenvalue weighted by Gasteiger charge is -2.20. The molecule has 12 heteroatoms. The molecule has 0 saturated heterocycles. The van der Waals surface area contributed by atoms with Crippen molar-refractivity contribution in [2.45, 2.75) is 14.7 Å². The van der Waals surface area contributed by atoms with Crippen molar-refractivity contribution in [1.29, 1.82) is 0 Å². The predicted octanol–water partition coefficient (Wildman–Crippen LogP) is 5.27. The molecular weight excluding hydrogens is 732 g/mol. The molecule has 0 spiro atoms. The lowest BCUT2D eigenvalue weighted by atomic mass is 9.98. The number of hydrogen-bond donors (Lipinski definition) is 1. The second kappa shape index (κ2) is 15.2. The van der Waals surface area contributed by atoms with Crippen molar-refractivity contribution in [3.8, 4) is 50.8 Å². The first kappa shape index (κ1) is 35.9. The summed E-state index contributed by atoms with van der Waals surface area (Å²) in [5.74, 6) is 1.49. The molecule has 1 N–H and O–H groups in total. The number of pyridine rings is 1. The molecule has 0 atom stereocenters. The zero-order chi connectivity index (χ0) is 37.0. The van der Waals surface area contributed by atoms with Gasteiger partial charge in [-0.3, -0.25) is 4.72 Å². The third-order valence-electron chi connectivity index (χ3n) is 8.20. The molecule has 0 unspecified atom stereocenters. The lowest BCUT2D eigenvalue weighted by Crippen LogP contribution is -2.68. The summed E-state index contributed by atoms with van der Waals surface area (Å²) < 4.78 is 72.2. The van der Waals surface area contributed by atoms with Gasteiger partial charge in [0.25, 0.3) is 10.0 Å². The second-order valence-electron chi connectivity index (χ2n) is 11.7. The Kier molecular flexibility index (Phi) is 10.3. The van der Waals surface area contributed by atoms with Gasteiger partial charge in [-0.05, 0) is 77.9 Å². The molecule has 0 amide bonds. The van der Waals surface area contributed by atoms with Gasteiger partial charge in [-0.2, -0.15) is 4.57 Å². The van der Waals surface area contributed by atoms with Crippen LogP contribution in [0.3, 0.4) is 0 Å². The number of sulfonamides is 1. The van der Waals surface area contributed by atoms with Gasteiger partial charge in [-0.25, -0.2) is 27.1 Å². The Morgan fingerprint density at radius 3 is 1.58 bits per heavy atom. The number of fused-ring (bicyclic) bond motifs is 2. The van der Waals surface area contributed by atoms with Crippen molar-refractivity contribution in [2.75, 3.05) is 4.72 Å². The van der Waals surface area contributed by atoms with E-state index in [1.807, 2.05) is 97.1 Å². The molecule has 0 aliphatic carbocycles. The minimum Gasteiger partial charge on any atom is -0.455 e. The summed E-state index contributed by atoms with van der Waals surface area (Å²) in [6.07, 6.45) is 0. The maximum Gasteiger partial charge on any atom is 0.261 e. The highest BCUT2D eigenvalue weighted by atomic mass is 35.7. The fraction of sp³-hybridized carbons (Fsp3) is 0. The number of benzene rings is 6. The SMILES string of the molecule is O=S(=O)(Nc1ccc2c(c1)Sc1ccccc1O2)c1ccc(-[n+]2c(-c3ccccc3)cc(-c3ccccc3)cc2-c2ccccc2)cc1.[O-][Cl+3]([O-])([O-])[O-]. The van der Waals surface area contributed by atoms with E-state index in [0.29, 0.717) is 11.4 Å². The average molecular weight is 761 g/mol. The van der Waals surface area contributed by atoms with Crippen molar-refractivity contribution in [3.05, 3.63) is 170 Å². The highest BCUT2D eigenvalue weighted by molar-refractivity contribution is 7.99. The Morgan fingerprint density at radius 1 is 0.528 bits per heavy atom. The molecular formula is C41H29ClN2O7S2. The lowest BCUT2D eigenvalue weighted by molar-refractivity contribution is -2.00. The smallest absolute Gasteiger partial charge is 0.261 e. The van der Waals surface area contributed by atoms with E-state index in [1.54, 1.807) is 36.0 Å². The Bertz CT molecular complexity index is 2420. The van der Waals surface area contributed by atoms with Gasteiger partial charge < -0.3 is 4.74 Å². The minimum absolute atomic E-state index is 0.169. The van der Waals surface area contributed by atoms with Crippen molar-refractivity contribution < 1.29 is 46.6 Å². The number of nitrogens with zero attached hydrogens (tertiary/aromatic N) is 1. The maximum absolute atomic E-state index is 13.6. The van der Waals surface area contributed by atoms with Crippen LogP contribution >= 0.6 is 11.8 Å². The van der Waals surface area contributed by atoms with Gasteiger partial charge in [0.2, 0.25) is 17.1 Å². The van der Waals surface area contributed by atoms with E-state index in [4.69, 9.17) is 23.4 Å². The first-order valence-electron chi connectivity index (χ1n) is 16.1. The van der Waals surface area contributed by atoms with Gasteiger partial charge in [0.05, 0.1) is 20.4 Å². The van der Waals surface area contributed by atoms with Crippen LogP contribution in [0.2, 0.25) is 0 Å². The molecule has 0 radical (unpaired) electrons. The molecule has 8 rings (SSSR count). The first-order valence-corrected chi connectivity index (χ1v) is 19.7. The van der Waals surface area contributed by atoms with Crippen LogP contribution in [0.15, 0.2) is 185 Å². The molecule has 9 nitrogen and oxygen atoms in total. The van der Waals surface area contributed by atoms with Crippen LogP contribution in [0, 0.1) is 10.2 Å². The van der Waals surface area contributed by atoms with Gasteiger partial charge in [0.15, 0.2) is 0 Å². The molecule has 7 aromatic rings. The van der Waals surface area contributed by atoms with Crippen LogP contribution in [0.4, 0.5) is 5.69 Å². The van der Waals surface area contributed by atoms with Crippen LogP contribution in [-0.4, -0.2) is 8.42 Å². The molecule has 1 aromatic heterocycles. The van der Waals surface area contributed by atoms with E-state index in [2.05, 4.69) is 57.8 Å². The van der Waals surface area contributed by atoms with Gasteiger partial charge in [-0.15, -0.1) is 10.2 Å². The van der Waals surface area contributed by atoms with Crippen LogP contribution in [0.1, 0.15) is 0 Å². The second-order valence-corrected chi connectivity index (χ2v) is 15.3. The number of ether oxygens (including phenoxy) is 1. The average Bonchev–Trinajstić information content (AvgIpc) is 3.17. The highest BCUT2D eigenvalue weighted by Crippen LogP contribution is 2.47. The van der Waals surface area contributed by atoms with Gasteiger partial charge in [0, 0.05) is 35.4 Å². The number of halogens is 1. The molecule has 1 aliphatic heterocycles. The summed E-state index contributed by atoms with van der Waals surface area (Å²) in [4.78, 5) is 2.00.